The van der Waals surface area contributed by atoms with E-state index in [9.17, 15) is 0 Å². The Morgan fingerprint density at radius 3 is 2.04 bits per heavy atom. The van der Waals surface area contributed by atoms with E-state index in [1.165, 1.54) is 48.0 Å². The van der Waals surface area contributed by atoms with Gasteiger partial charge >= 0.3 is 0 Å². The highest BCUT2D eigenvalue weighted by Gasteiger charge is 2.36. The third kappa shape index (κ3) is 4.57. The number of thiophene rings is 1. The molecule has 1 aliphatic rings. The molecule has 3 aromatic heterocycles. The topological polar surface area (TPSA) is 51.8 Å². The van der Waals surface area contributed by atoms with Crippen molar-refractivity contribution >= 4 is 53.4 Å². The summed E-state index contributed by atoms with van der Waals surface area (Å²) < 4.78 is 9.00. The third-order valence-electron chi connectivity index (χ3n) is 11.0. The van der Waals surface area contributed by atoms with Crippen LogP contribution in [-0.2, 0) is 5.41 Å². The van der Waals surface area contributed by atoms with E-state index in [2.05, 4.69) is 135 Å². The van der Waals surface area contributed by atoms with Gasteiger partial charge in [-0.3, -0.25) is 0 Å². The molecule has 0 amide bonds. The van der Waals surface area contributed by atoms with E-state index in [0.717, 1.165) is 44.2 Å². The summed E-state index contributed by atoms with van der Waals surface area (Å²) in [6, 6.07) is 53.6. The number of benzene rings is 7. The van der Waals surface area contributed by atoms with E-state index in [1.54, 1.807) is 11.3 Å². The normalized spacial score (nSPS) is 13.2. The lowest BCUT2D eigenvalue weighted by Gasteiger charge is -2.21. The van der Waals surface area contributed by atoms with Crippen LogP contribution in [0.1, 0.15) is 25.0 Å². The molecule has 4 nitrogen and oxygen atoms in total. The molecule has 0 aliphatic heterocycles. The summed E-state index contributed by atoms with van der Waals surface area (Å²) >= 11 is 1.80. The van der Waals surface area contributed by atoms with Gasteiger partial charge < -0.3 is 4.42 Å². The Labute approximate surface area is 310 Å². The summed E-state index contributed by atoms with van der Waals surface area (Å²) in [5.41, 5.74) is 12.1. The van der Waals surface area contributed by atoms with Gasteiger partial charge in [-0.2, -0.15) is 0 Å². The number of rotatable bonds is 4. The molecule has 0 radical (unpaired) electrons. The van der Waals surface area contributed by atoms with Crippen molar-refractivity contribution in [1.82, 2.24) is 15.0 Å². The van der Waals surface area contributed by atoms with Gasteiger partial charge in [-0.1, -0.05) is 135 Å². The second-order valence-corrected chi connectivity index (χ2v) is 15.5. The van der Waals surface area contributed by atoms with Gasteiger partial charge in [0.05, 0.1) is 0 Å². The zero-order chi connectivity index (χ0) is 35.3. The van der Waals surface area contributed by atoms with E-state index in [-0.39, 0.29) is 5.41 Å². The minimum atomic E-state index is -0.0735. The van der Waals surface area contributed by atoms with E-state index in [1.807, 2.05) is 30.3 Å². The monoisotopic (exact) mass is 697 g/mol. The highest BCUT2D eigenvalue weighted by atomic mass is 32.1. The van der Waals surface area contributed by atoms with E-state index in [0.29, 0.717) is 17.5 Å². The fourth-order valence-corrected chi connectivity index (χ4v) is 9.53. The zero-order valence-electron chi connectivity index (χ0n) is 29.1. The molecule has 0 saturated heterocycles. The number of nitrogens with zero attached hydrogens (tertiary/aromatic N) is 3. The molecule has 0 N–H and O–H groups in total. The quantitative estimate of drug-likeness (QED) is 0.184. The van der Waals surface area contributed by atoms with Gasteiger partial charge in [-0.25, -0.2) is 15.0 Å². The predicted octanol–water partition coefficient (Wildman–Crippen LogP) is 13.1. The van der Waals surface area contributed by atoms with Crippen LogP contribution in [0.5, 0.6) is 0 Å². The molecular formula is C48H31N3OS. The van der Waals surface area contributed by atoms with Gasteiger partial charge in [0.15, 0.2) is 17.5 Å². The first-order valence-electron chi connectivity index (χ1n) is 17.9. The Morgan fingerprint density at radius 1 is 0.453 bits per heavy atom. The van der Waals surface area contributed by atoms with Crippen LogP contribution in [0.3, 0.4) is 0 Å². The van der Waals surface area contributed by atoms with Gasteiger partial charge in [0.2, 0.25) is 0 Å². The summed E-state index contributed by atoms with van der Waals surface area (Å²) in [6.07, 6.45) is 0. The molecular weight excluding hydrogens is 667 g/mol. The average molecular weight is 698 g/mol. The Morgan fingerprint density at radius 2 is 1.13 bits per heavy atom. The van der Waals surface area contributed by atoms with Crippen molar-refractivity contribution in [1.29, 1.82) is 0 Å². The first kappa shape index (κ1) is 30.2. The smallest absolute Gasteiger partial charge is 0.164 e. The summed E-state index contributed by atoms with van der Waals surface area (Å²) in [5.74, 6) is 1.88. The SMILES string of the molecule is CC1(C)c2ccccc2-c2c(-c3ccc4oc5cccc(-c6nc(-c7ccccc7)nc(-c7ccc8c(c7)sc7ccccc78)n6)c5c4c3)cccc21. The molecule has 11 rings (SSSR count). The molecule has 250 valence electrons. The molecule has 7 aromatic carbocycles. The maximum absolute atomic E-state index is 6.52. The number of aromatic nitrogens is 3. The van der Waals surface area contributed by atoms with Crippen LogP contribution >= 0.6 is 11.3 Å². The van der Waals surface area contributed by atoms with Crippen LogP contribution in [0.25, 0.3) is 98.5 Å². The standard InChI is InChI=1S/C48H31N3OS/c1-48(2)37-18-8-6-15-34(37)43-31(16-10-19-38(43)48)29-23-25-39-36(26-29)44-35(17-11-20-40(44)52-39)47-50-45(28-12-4-3-5-13-28)49-46(51-47)30-22-24-33-32-14-7-9-21-41(32)53-42(33)27-30/h3-27H,1-2H3. The van der Waals surface area contributed by atoms with Crippen LogP contribution in [-0.4, -0.2) is 15.0 Å². The minimum Gasteiger partial charge on any atom is -0.456 e. The van der Waals surface area contributed by atoms with Gasteiger partial charge in [0, 0.05) is 53.1 Å². The van der Waals surface area contributed by atoms with Crippen LogP contribution in [0, 0.1) is 0 Å². The lowest BCUT2D eigenvalue weighted by atomic mass is 9.82. The Kier molecular flexibility index (Phi) is 6.43. The fraction of sp³-hybridized carbons (Fsp3) is 0.0625. The van der Waals surface area contributed by atoms with Gasteiger partial charge in [0.25, 0.3) is 0 Å². The van der Waals surface area contributed by atoms with Crippen LogP contribution in [0.15, 0.2) is 156 Å². The Balaban J connectivity index is 1.12. The molecule has 53 heavy (non-hydrogen) atoms. The van der Waals surface area contributed by atoms with Crippen molar-refractivity contribution in [3.05, 3.63) is 163 Å². The molecule has 0 spiro atoms. The van der Waals surface area contributed by atoms with Crippen molar-refractivity contribution in [2.75, 3.05) is 0 Å². The number of fused-ring (bicyclic) bond motifs is 9. The van der Waals surface area contributed by atoms with E-state index < -0.39 is 0 Å². The molecule has 0 saturated carbocycles. The van der Waals surface area contributed by atoms with Crippen molar-refractivity contribution in [2.45, 2.75) is 19.3 Å². The molecule has 1 aliphatic carbocycles. The van der Waals surface area contributed by atoms with Crippen molar-refractivity contribution in [3.8, 4) is 56.4 Å². The maximum Gasteiger partial charge on any atom is 0.164 e. The molecule has 0 atom stereocenters. The van der Waals surface area contributed by atoms with Crippen molar-refractivity contribution < 1.29 is 4.42 Å². The van der Waals surface area contributed by atoms with E-state index in [4.69, 9.17) is 19.4 Å². The minimum absolute atomic E-state index is 0.0735. The summed E-state index contributed by atoms with van der Waals surface area (Å²) in [4.78, 5) is 15.4. The Hall–Kier alpha value is -6.43. The van der Waals surface area contributed by atoms with Gasteiger partial charge in [0.1, 0.15) is 11.2 Å². The van der Waals surface area contributed by atoms with Crippen molar-refractivity contribution in [3.63, 3.8) is 0 Å². The largest absolute Gasteiger partial charge is 0.456 e. The number of furan rings is 1. The second kappa shape index (κ2) is 11.3. The highest BCUT2D eigenvalue weighted by Crippen LogP contribution is 2.52. The highest BCUT2D eigenvalue weighted by molar-refractivity contribution is 7.25. The molecule has 10 aromatic rings. The predicted molar refractivity (Wildman–Crippen MR) is 219 cm³/mol. The molecule has 0 fully saturated rings. The second-order valence-electron chi connectivity index (χ2n) is 14.4. The van der Waals surface area contributed by atoms with Crippen molar-refractivity contribution in [2.24, 2.45) is 0 Å². The molecule has 3 heterocycles. The summed E-state index contributed by atoms with van der Waals surface area (Å²) in [5, 5.41) is 4.54. The van der Waals surface area contributed by atoms with Crippen LogP contribution in [0.4, 0.5) is 0 Å². The maximum atomic E-state index is 6.52. The van der Waals surface area contributed by atoms with Gasteiger partial charge in [-0.15, -0.1) is 11.3 Å². The van der Waals surface area contributed by atoms with E-state index >= 15 is 0 Å². The number of hydrogen-bond donors (Lipinski definition) is 0. The zero-order valence-corrected chi connectivity index (χ0v) is 29.9. The fourth-order valence-electron chi connectivity index (χ4n) is 8.38. The van der Waals surface area contributed by atoms with Crippen LogP contribution < -0.4 is 0 Å². The Bertz CT molecular complexity index is 3100. The summed E-state index contributed by atoms with van der Waals surface area (Å²) in [6.45, 7) is 4.65. The first-order chi connectivity index (χ1) is 26.0. The first-order valence-corrected chi connectivity index (χ1v) is 18.8. The van der Waals surface area contributed by atoms with Crippen LogP contribution in [0.2, 0.25) is 0 Å². The lowest BCUT2D eigenvalue weighted by Crippen LogP contribution is -2.14. The number of hydrogen-bond acceptors (Lipinski definition) is 5. The van der Waals surface area contributed by atoms with Gasteiger partial charge in [-0.05, 0) is 63.7 Å². The summed E-state index contributed by atoms with van der Waals surface area (Å²) in [7, 11) is 0. The third-order valence-corrected chi connectivity index (χ3v) is 12.1. The molecule has 0 bridgehead atoms. The molecule has 5 heteroatoms. The molecule has 0 unspecified atom stereocenters. The lowest BCUT2D eigenvalue weighted by molar-refractivity contribution is 0.660. The average Bonchev–Trinajstić information content (AvgIpc) is 3.85.